The van der Waals surface area contributed by atoms with E-state index in [4.69, 9.17) is 11.6 Å². The normalized spacial score (nSPS) is 10.5. The van der Waals surface area contributed by atoms with E-state index in [1.54, 1.807) is 12.3 Å². The number of nitrogens with zero attached hydrogens (tertiary/aromatic N) is 1. The highest BCUT2D eigenvalue weighted by atomic mass is 35.5. The molecule has 2 aromatic rings. The lowest BCUT2D eigenvalue weighted by molar-refractivity contribution is 0.857. The quantitative estimate of drug-likeness (QED) is 0.906. The van der Waals surface area contributed by atoms with Gasteiger partial charge in [0.05, 0.1) is 0 Å². The zero-order valence-electron chi connectivity index (χ0n) is 10.7. The van der Waals surface area contributed by atoms with Crippen molar-refractivity contribution >= 4 is 11.6 Å². The second kappa shape index (κ2) is 5.29. The third kappa shape index (κ3) is 2.40. The first-order valence-electron chi connectivity index (χ1n) is 5.96. The highest BCUT2D eigenvalue weighted by Crippen LogP contribution is 2.34. The summed E-state index contributed by atoms with van der Waals surface area (Å²) in [6, 6.07) is 9.22. The molecule has 0 saturated heterocycles. The Morgan fingerprint density at radius 3 is 2.58 bits per heavy atom. The standard InChI is InChI=1S/C15H13ClN2O/c1-9(2)12-8-18-15(19)11(7-17)14(12)10-5-3-4-6-13(10)16/h3-6,8-9H,1-2H3,(H,18,19). The van der Waals surface area contributed by atoms with Crippen LogP contribution in [0.1, 0.15) is 30.9 Å². The molecule has 1 aromatic carbocycles. The fraction of sp³-hybridized carbons (Fsp3) is 0.200. The molecule has 0 saturated carbocycles. The van der Waals surface area contributed by atoms with Gasteiger partial charge in [0.25, 0.3) is 5.56 Å². The molecule has 19 heavy (non-hydrogen) atoms. The minimum Gasteiger partial charge on any atom is -0.328 e. The Bertz CT molecular complexity index is 711. The van der Waals surface area contributed by atoms with Gasteiger partial charge in [-0.05, 0) is 17.5 Å². The van der Waals surface area contributed by atoms with Gasteiger partial charge >= 0.3 is 0 Å². The molecule has 0 radical (unpaired) electrons. The number of hydrogen-bond donors (Lipinski definition) is 1. The predicted octanol–water partition coefficient (Wildman–Crippen LogP) is 3.69. The van der Waals surface area contributed by atoms with Crippen molar-refractivity contribution in [1.29, 1.82) is 5.26 Å². The molecule has 1 N–H and O–H groups in total. The molecule has 4 heteroatoms. The van der Waals surface area contributed by atoms with Gasteiger partial charge in [-0.15, -0.1) is 0 Å². The van der Waals surface area contributed by atoms with Crippen LogP contribution in [0.3, 0.4) is 0 Å². The number of nitriles is 1. The first-order valence-corrected chi connectivity index (χ1v) is 6.34. The number of halogens is 1. The topological polar surface area (TPSA) is 56.6 Å². The van der Waals surface area contributed by atoms with Crippen molar-refractivity contribution in [2.75, 3.05) is 0 Å². The molecule has 0 aliphatic heterocycles. The van der Waals surface area contributed by atoms with E-state index in [-0.39, 0.29) is 17.0 Å². The van der Waals surface area contributed by atoms with E-state index in [1.807, 2.05) is 38.1 Å². The molecule has 96 valence electrons. The lowest BCUT2D eigenvalue weighted by Crippen LogP contribution is -2.14. The lowest BCUT2D eigenvalue weighted by Gasteiger charge is -2.14. The van der Waals surface area contributed by atoms with Gasteiger partial charge in [0.1, 0.15) is 11.6 Å². The lowest BCUT2D eigenvalue weighted by atomic mass is 9.91. The fourth-order valence-corrected chi connectivity index (χ4v) is 2.29. The van der Waals surface area contributed by atoms with Crippen LogP contribution < -0.4 is 5.56 Å². The van der Waals surface area contributed by atoms with Crippen LogP contribution >= 0.6 is 11.6 Å². The average Bonchev–Trinajstić information content (AvgIpc) is 2.38. The second-order valence-corrected chi connectivity index (χ2v) is 4.98. The van der Waals surface area contributed by atoms with Crippen LogP contribution in [-0.4, -0.2) is 4.98 Å². The number of nitrogens with one attached hydrogen (secondary N) is 1. The maximum atomic E-state index is 11.8. The molecular formula is C15H13ClN2O. The molecule has 1 heterocycles. The molecule has 3 nitrogen and oxygen atoms in total. The van der Waals surface area contributed by atoms with Crippen molar-refractivity contribution in [2.45, 2.75) is 19.8 Å². The fourth-order valence-electron chi connectivity index (χ4n) is 2.06. The Kier molecular flexibility index (Phi) is 3.73. The van der Waals surface area contributed by atoms with E-state index >= 15 is 0 Å². The van der Waals surface area contributed by atoms with Gasteiger partial charge in [-0.2, -0.15) is 5.26 Å². The number of hydrogen-bond acceptors (Lipinski definition) is 2. The third-order valence-electron chi connectivity index (χ3n) is 3.00. The largest absolute Gasteiger partial charge is 0.328 e. The maximum Gasteiger partial charge on any atom is 0.266 e. The van der Waals surface area contributed by atoms with Crippen molar-refractivity contribution in [1.82, 2.24) is 4.98 Å². The molecule has 0 aliphatic carbocycles. The van der Waals surface area contributed by atoms with E-state index in [0.717, 1.165) is 11.1 Å². The number of H-pyrrole nitrogens is 1. The number of aromatic amines is 1. The maximum absolute atomic E-state index is 11.8. The summed E-state index contributed by atoms with van der Waals surface area (Å²) in [7, 11) is 0. The Morgan fingerprint density at radius 2 is 2.00 bits per heavy atom. The third-order valence-corrected chi connectivity index (χ3v) is 3.33. The van der Waals surface area contributed by atoms with Crippen LogP contribution in [0.2, 0.25) is 5.02 Å². The highest BCUT2D eigenvalue weighted by Gasteiger charge is 2.18. The first kappa shape index (κ1) is 13.4. The summed E-state index contributed by atoms with van der Waals surface area (Å²) in [5.41, 5.74) is 1.98. The van der Waals surface area contributed by atoms with Gasteiger partial charge < -0.3 is 4.98 Å². The molecule has 2 rings (SSSR count). The van der Waals surface area contributed by atoms with E-state index in [9.17, 15) is 10.1 Å². The van der Waals surface area contributed by atoms with E-state index < -0.39 is 0 Å². The number of benzene rings is 1. The monoisotopic (exact) mass is 272 g/mol. The van der Waals surface area contributed by atoms with Crippen molar-refractivity contribution in [2.24, 2.45) is 0 Å². The van der Waals surface area contributed by atoms with Gasteiger partial charge in [0.15, 0.2) is 0 Å². The molecule has 0 atom stereocenters. The molecule has 0 fully saturated rings. The van der Waals surface area contributed by atoms with Crippen LogP contribution in [0.4, 0.5) is 0 Å². The van der Waals surface area contributed by atoms with E-state index in [0.29, 0.717) is 10.6 Å². The van der Waals surface area contributed by atoms with E-state index in [1.165, 1.54) is 0 Å². The van der Waals surface area contributed by atoms with Crippen molar-refractivity contribution in [3.8, 4) is 17.2 Å². The molecule has 1 aromatic heterocycles. The average molecular weight is 273 g/mol. The van der Waals surface area contributed by atoms with Gasteiger partial charge in [-0.3, -0.25) is 4.79 Å². The Hall–Kier alpha value is -2.05. The summed E-state index contributed by atoms with van der Waals surface area (Å²) in [5.74, 6) is 0.176. The zero-order chi connectivity index (χ0) is 14.0. The first-order chi connectivity index (χ1) is 9.06. The summed E-state index contributed by atoms with van der Waals surface area (Å²) in [6.45, 7) is 4.02. The SMILES string of the molecule is CC(C)c1c[nH]c(=O)c(C#N)c1-c1ccccc1Cl. The molecule has 0 unspecified atom stereocenters. The summed E-state index contributed by atoms with van der Waals surface area (Å²) in [5, 5.41) is 9.78. The number of pyridine rings is 1. The summed E-state index contributed by atoms with van der Waals surface area (Å²) in [6.07, 6.45) is 1.66. The van der Waals surface area contributed by atoms with Crippen molar-refractivity contribution in [3.63, 3.8) is 0 Å². The van der Waals surface area contributed by atoms with Gasteiger partial charge in [-0.1, -0.05) is 43.6 Å². The second-order valence-electron chi connectivity index (χ2n) is 4.57. The zero-order valence-corrected chi connectivity index (χ0v) is 11.5. The van der Waals surface area contributed by atoms with Crippen LogP contribution in [0.5, 0.6) is 0 Å². The van der Waals surface area contributed by atoms with E-state index in [2.05, 4.69) is 4.98 Å². The van der Waals surface area contributed by atoms with Crippen LogP contribution in [-0.2, 0) is 0 Å². The van der Waals surface area contributed by atoms with Gasteiger partial charge in [0, 0.05) is 22.3 Å². The molecule has 0 amide bonds. The minimum atomic E-state index is -0.387. The van der Waals surface area contributed by atoms with Gasteiger partial charge in [-0.25, -0.2) is 0 Å². The van der Waals surface area contributed by atoms with Gasteiger partial charge in [0.2, 0.25) is 0 Å². The van der Waals surface area contributed by atoms with Crippen LogP contribution in [0.25, 0.3) is 11.1 Å². The molecule has 0 aliphatic rings. The Morgan fingerprint density at radius 1 is 1.32 bits per heavy atom. The minimum absolute atomic E-state index is 0.110. The summed E-state index contributed by atoms with van der Waals surface area (Å²) < 4.78 is 0. The molecular weight excluding hydrogens is 260 g/mol. The Labute approximate surface area is 116 Å². The Balaban J connectivity index is 2.89. The summed E-state index contributed by atoms with van der Waals surface area (Å²) >= 11 is 6.20. The smallest absolute Gasteiger partial charge is 0.266 e. The summed E-state index contributed by atoms with van der Waals surface area (Å²) in [4.78, 5) is 14.4. The van der Waals surface area contributed by atoms with Crippen LogP contribution in [0, 0.1) is 11.3 Å². The molecule has 0 bridgehead atoms. The number of rotatable bonds is 2. The van der Waals surface area contributed by atoms with Crippen molar-refractivity contribution < 1.29 is 0 Å². The van der Waals surface area contributed by atoms with Crippen LogP contribution in [0.15, 0.2) is 35.3 Å². The highest BCUT2D eigenvalue weighted by molar-refractivity contribution is 6.33. The van der Waals surface area contributed by atoms with Crippen molar-refractivity contribution in [3.05, 3.63) is 57.0 Å². The molecule has 0 spiro atoms. The number of aromatic nitrogens is 1. The predicted molar refractivity (Wildman–Crippen MR) is 76.3 cm³/mol.